The maximum absolute atomic E-state index is 12.1. The van der Waals surface area contributed by atoms with Crippen LogP contribution in [0.15, 0.2) is 84.0 Å². The fourth-order valence-corrected chi connectivity index (χ4v) is 2.82. The standard InChI is InChI=1S/C19H15NO2S/c21-19(22-17-6-2-1-3-7-17)16-8-10-18(11-9-16)23-14-15-5-4-12-20-13-15/h1-13H,14H2. The number of hydrogen-bond acceptors (Lipinski definition) is 4. The number of para-hydroxylation sites is 1. The van der Waals surface area contributed by atoms with Crippen molar-refractivity contribution in [2.45, 2.75) is 10.6 Å². The molecule has 0 unspecified atom stereocenters. The summed E-state index contributed by atoms with van der Waals surface area (Å²) in [6.07, 6.45) is 3.62. The molecule has 0 saturated carbocycles. The molecule has 2 aromatic carbocycles. The van der Waals surface area contributed by atoms with E-state index in [-0.39, 0.29) is 5.97 Å². The molecule has 0 amide bonds. The Morgan fingerprint density at radius 1 is 0.957 bits per heavy atom. The number of nitrogens with zero attached hydrogens (tertiary/aromatic N) is 1. The fraction of sp³-hybridized carbons (Fsp3) is 0.0526. The molecule has 3 rings (SSSR count). The minimum Gasteiger partial charge on any atom is -0.423 e. The number of pyridine rings is 1. The zero-order valence-corrected chi connectivity index (χ0v) is 13.2. The normalized spacial score (nSPS) is 10.3. The Bertz CT molecular complexity index is 758. The van der Waals surface area contributed by atoms with Gasteiger partial charge in [0.1, 0.15) is 5.75 Å². The molecule has 3 aromatic rings. The highest BCUT2D eigenvalue weighted by Gasteiger charge is 2.08. The van der Waals surface area contributed by atoms with Crippen molar-refractivity contribution in [3.05, 3.63) is 90.3 Å². The molecule has 114 valence electrons. The van der Waals surface area contributed by atoms with Crippen molar-refractivity contribution in [2.75, 3.05) is 0 Å². The minimum atomic E-state index is -0.347. The zero-order valence-electron chi connectivity index (χ0n) is 12.4. The summed E-state index contributed by atoms with van der Waals surface area (Å²) in [6, 6.07) is 20.5. The Hall–Kier alpha value is -2.59. The lowest BCUT2D eigenvalue weighted by molar-refractivity contribution is 0.0734. The van der Waals surface area contributed by atoms with Gasteiger partial charge in [-0.2, -0.15) is 0 Å². The van der Waals surface area contributed by atoms with E-state index in [9.17, 15) is 4.79 Å². The van der Waals surface area contributed by atoms with E-state index in [1.54, 1.807) is 42.2 Å². The summed E-state index contributed by atoms with van der Waals surface area (Å²) in [4.78, 5) is 17.3. The number of rotatable bonds is 5. The summed E-state index contributed by atoms with van der Waals surface area (Å²) in [5.74, 6) is 1.05. The van der Waals surface area contributed by atoms with Crippen molar-refractivity contribution in [3.63, 3.8) is 0 Å². The Morgan fingerprint density at radius 2 is 1.74 bits per heavy atom. The van der Waals surface area contributed by atoms with Gasteiger partial charge in [-0.15, -0.1) is 11.8 Å². The van der Waals surface area contributed by atoms with Gasteiger partial charge in [0.25, 0.3) is 0 Å². The number of carbonyl (C=O) groups is 1. The second-order valence-corrected chi connectivity index (χ2v) is 5.93. The van der Waals surface area contributed by atoms with Gasteiger partial charge in [-0.25, -0.2) is 4.79 Å². The molecule has 1 heterocycles. The Balaban J connectivity index is 1.59. The lowest BCUT2D eigenvalue weighted by atomic mass is 10.2. The van der Waals surface area contributed by atoms with Gasteiger partial charge in [0.05, 0.1) is 5.56 Å². The zero-order chi connectivity index (χ0) is 15.9. The maximum atomic E-state index is 12.1. The summed E-state index contributed by atoms with van der Waals surface area (Å²) < 4.78 is 5.32. The van der Waals surface area contributed by atoms with Crippen LogP contribution in [0.3, 0.4) is 0 Å². The first-order chi connectivity index (χ1) is 11.3. The summed E-state index contributed by atoms with van der Waals surface area (Å²) >= 11 is 1.71. The summed E-state index contributed by atoms with van der Waals surface area (Å²) in [7, 11) is 0. The van der Waals surface area contributed by atoms with Crippen LogP contribution >= 0.6 is 11.8 Å². The van der Waals surface area contributed by atoms with E-state index in [1.807, 2.05) is 48.7 Å². The van der Waals surface area contributed by atoms with Crippen LogP contribution < -0.4 is 4.74 Å². The summed E-state index contributed by atoms with van der Waals surface area (Å²) in [6.45, 7) is 0. The third kappa shape index (κ3) is 4.44. The first-order valence-electron chi connectivity index (χ1n) is 7.20. The van der Waals surface area contributed by atoms with Crippen LogP contribution in [0.25, 0.3) is 0 Å². The van der Waals surface area contributed by atoms with Gasteiger partial charge in [-0.1, -0.05) is 24.3 Å². The number of aromatic nitrogens is 1. The summed E-state index contributed by atoms with van der Waals surface area (Å²) in [5.41, 5.74) is 1.71. The van der Waals surface area contributed by atoms with Crippen LogP contribution in [0.1, 0.15) is 15.9 Å². The molecule has 0 N–H and O–H groups in total. The average Bonchev–Trinajstić information content (AvgIpc) is 2.62. The van der Waals surface area contributed by atoms with E-state index in [1.165, 1.54) is 5.56 Å². The Kier molecular flexibility index (Phi) is 5.06. The average molecular weight is 321 g/mol. The van der Waals surface area contributed by atoms with Crippen molar-refractivity contribution in [1.29, 1.82) is 0 Å². The van der Waals surface area contributed by atoms with E-state index < -0.39 is 0 Å². The number of thioether (sulfide) groups is 1. The molecular formula is C19H15NO2S. The van der Waals surface area contributed by atoms with Crippen molar-refractivity contribution in [2.24, 2.45) is 0 Å². The topological polar surface area (TPSA) is 39.2 Å². The molecule has 0 aliphatic rings. The lowest BCUT2D eigenvalue weighted by Gasteiger charge is -2.05. The van der Waals surface area contributed by atoms with Crippen LogP contribution in [0.4, 0.5) is 0 Å². The molecule has 0 aliphatic heterocycles. The van der Waals surface area contributed by atoms with E-state index in [0.717, 1.165) is 10.6 Å². The molecule has 0 fully saturated rings. The number of esters is 1. The molecule has 0 saturated heterocycles. The molecule has 23 heavy (non-hydrogen) atoms. The van der Waals surface area contributed by atoms with Gasteiger partial charge < -0.3 is 4.74 Å². The molecule has 0 radical (unpaired) electrons. The number of benzene rings is 2. The third-order valence-electron chi connectivity index (χ3n) is 3.17. The van der Waals surface area contributed by atoms with Crippen LogP contribution in [0.5, 0.6) is 5.75 Å². The maximum Gasteiger partial charge on any atom is 0.343 e. The largest absolute Gasteiger partial charge is 0.423 e. The third-order valence-corrected chi connectivity index (χ3v) is 4.26. The molecule has 1 aromatic heterocycles. The second-order valence-electron chi connectivity index (χ2n) is 4.88. The van der Waals surface area contributed by atoms with Crippen LogP contribution in [0, 0.1) is 0 Å². The van der Waals surface area contributed by atoms with Crippen molar-refractivity contribution in [3.8, 4) is 5.75 Å². The van der Waals surface area contributed by atoms with E-state index in [4.69, 9.17) is 4.74 Å². The number of carbonyl (C=O) groups excluding carboxylic acids is 1. The minimum absolute atomic E-state index is 0.347. The first-order valence-corrected chi connectivity index (χ1v) is 8.19. The predicted molar refractivity (Wildman–Crippen MR) is 91.6 cm³/mol. The number of hydrogen-bond donors (Lipinski definition) is 0. The second kappa shape index (κ2) is 7.61. The van der Waals surface area contributed by atoms with Gasteiger partial charge in [0, 0.05) is 23.0 Å². The monoisotopic (exact) mass is 321 g/mol. The van der Waals surface area contributed by atoms with Crippen molar-refractivity contribution in [1.82, 2.24) is 4.98 Å². The van der Waals surface area contributed by atoms with Crippen LogP contribution in [-0.2, 0) is 5.75 Å². The fourth-order valence-electron chi connectivity index (χ4n) is 1.99. The van der Waals surface area contributed by atoms with Gasteiger partial charge in [-0.05, 0) is 48.0 Å². The smallest absolute Gasteiger partial charge is 0.343 e. The lowest BCUT2D eigenvalue weighted by Crippen LogP contribution is -2.08. The van der Waals surface area contributed by atoms with E-state index in [2.05, 4.69) is 4.98 Å². The molecule has 3 nitrogen and oxygen atoms in total. The Labute approximate surface area is 139 Å². The van der Waals surface area contributed by atoms with Gasteiger partial charge in [0.15, 0.2) is 0 Å². The molecule has 0 atom stereocenters. The van der Waals surface area contributed by atoms with Crippen molar-refractivity contribution < 1.29 is 9.53 Å². The highest BCUT2D eigenvalue weighted by atomic mass is 32.2. The molecule has 0 aliphatic carbocycles. The number of ether oxygens (including phenoxy) is 1. The van der Waals surface area contributed by atoms with Gasteiger partial charge in [-0.3, -0.25) is 4.98 Å². The quantitative estimate of drug-likeness (QED) is 0.391. The van der Waals surface area contributed by atoms with E-state index >= 15 is 0 Å². The van der Waals surface area contributed by atoms with Gasteiger partial charge >= 0.3 is 5.97 Å². The van der Waals surface area contributed by atoms with Crippen LogP contribution in [0.2, 0.25) is 0 Å². The molecule has 0 spiro atoms. The van der Waals surface area contributed by atoms with E-state index in [0.29, 0.717) is 11.3 Å². The van der Waals surface area contributed by atoms with Crippen molar-refractivity contribution >= 4 is 17.7 Å². The molecule has 4 heteroatoms. The Morgan fingerprint density at radius 3 is 2.43 bits per heavy atom. The molecule has 0 bridgehead atoms. The first kappa shape index (κ1) is 15.3. The summed E-state index contributed by atoms with van der Waals surface area (Å²) in [5, 5.41) is 0. The predicted octanol–water partition coefficient (Wildman–Crippen LogP) is 4.59. The van der Waals surface area contributed by atoms with Gasteiger partial charge in [0.2, 0.25) is 0 Å². The highest BCUT2D eigenvalue weighted by Crippen LogP contribution is 2.23. The van der Waals surface area contributed by atoms with Crippen LogP contribution in [-0.4, -0.2) is 11.0 Å². The highest BCUT2D eigenvalue weighted by molar-refractivity contribution is 7.98. The molecular weight excluding hydrogens is 306 g/mol. The SMILES string of the molecule is O=C(Oc1ccccc1)c1ccc(SCc2cccnc2)cc1.